The van der Waals surface area contributed by atoms with E-state index in [-0.39, 0.29) is 0 Å². The van der Waals surface area contributed by atoms with Gasteiger partial charge in [0.05, 0.1) is 0 Å². The van der Waals surface area contributed by atoms with Gasteiger partial charge in [0, 0.05) is 0 Å². The first kappa shape index (κ1) is 11.3. The molecule has 0 aliphatic carbocycles. The van der Waals surface area contributed by atoms with Crippen LogP contribution in [-0.4, -0.2) is 0 Å². The fourth-order valence-corrected chi connectivity index (χ4v) is 4.14. The third kappa shape index (κ3) is 3.62. The Labute approximate surface area is 57.8 Å². The Morgan fingerprint density at radius 2 is 0.700 bits per heavy atom. The zero-order chi connectivity index (χ0) is 8.31. The van der Waals surface area contributed by atoms with E-state index in [2.05, 4.69) is 0 Å². The lowest BCUT2D eigenvalue weighted by Gasteiger charge is -2.08. The molecule has 0 fully saturated rings. The van der Waals surface area contributed by atoms with E-state index in [1.807, 2.05) is 0 Å². The molecule has 0 aromatic carbocycles. The lowest BCUT2D eigenvalue weighted by molar-refractivity contribution is 0.760. The van der Waals surface area contributed by atoms with E-state index in [1.54, 1.807) is 0 Å². The Morgan fingerprint density at radius 1 is 0.500 bits per heavy atom. The molecule has 0 N–H and O–H groups in total. The zero-order valence-electron chi connectivity index (χ0n) is 4.06. The van der Waals surface area contributed by atoms with Crippen molar-refractivity contribution in [3.63, 3.8) is 0 Å². The second-order valence-corrected chi connectivity index (χ2v) is 11.9. The highest BCUT2D eigenvalue weighted by atomic mass is 32.8. The Bertz CT molecular complexity index is 70.7. The van der Waals surface area contributed by atoms with Crippen LogP contribution < -0.4 is 0 Å². The van der Waals surface area contributed by atoms with E-state index in [4.69, 9.17) is 0 Å². The van der Waals surface area contributed by atoms with Gasteiger partial charge >= 0.3 is 24.7 Å². The molecule has 0 aliphatic rings. The lowest BCUT2D eigenvalue weighted by atomic mass is 18.8. The van der Waals surface area contributed by atoms with Crippen LogP contribution in [0.3, 0.4) is 0 Å². The molecule has 0 unspecified atom stereocenters. The summed E-state index contributed by atoms with van der Waals surface area (Å²) in [5, 5.41) is 0. The summed E-state index contributed by atoms with van der Waals surface area (Å²) in [5.41, 5.74) is 0. The summed E-state index contributed by atoms with van der Waals surface area (Å²) in [6.45, 7) is -3.54. The SMILES string of the molecule is FP(F)P(P(F)F)P(F)F. The summed E-state index contributed by atoms with van der Waals surface area (Å²) in [6, 6.07) is 0. The van der Waals surface area contributed by atoms with E-state index in [0.29, 0.717) is 0 Å². The van der Waals surface area contributed by atoms with Crippen molar-refractivity contribution in [2.45, 2.75) is 0 Å². The van der Waals surface area contributed by atoms with Crippen LogP contribution in [0.2, 0.25) is 0 Å². The van der Waals surface area contributed by atoms with Gasteiger partial charge in [-0.25, -0.2) is 0 Å². The molecular formula is F6P4. The van der Waals surface area contributed by atoms with Crippen LogP contribution in [0, 0.1) is 0 Å². The van der Waals surface area contributed by atoms with Crippen molar-refractivity contribution in [2.24, 2.45) is 0 Å². The highest BCUT2D eigenvalue weighted by Gasteiger charge is 2.42. The average molecular weight is 238 g/mol. The van der Waals surface area contributed by atoms with E-state index in [9.17, 15) is 25.2 Å². The number of rotatable bonds is 3. The van der Waals surface area contributed by atoms with Gasteiger partial charge in [0.15, 0.2) is 6.99 Å². The minimum Gasteiger partial charge on any atom is -0.182 e. The van der Waals surface area contributed by atoms with E-state index in [0.717, 1.165) is 0 Å². The number of halogens is 6. The molecule has 0 atom stereocenters. The first-order valence-corrected chi connectivity index (χ1v) is 8.44. The molecule has 0 bridgehead atoms. The maximum Gasteiger partial charge on any atom is 0.307 e. The van der Waals surface area contributed by atoms with Crippen molar-refractivity contribution in [1.29, 1.82) is 0 Å². The van der Waals surface area contributed by atoms with Crippen LogP contribution in [0.25, 0.3) is 0 Å². The van der Waals surface area contributed by atoms with Crippen LogP contribution in [0.15, 0.2) is 0 Å². The van der Waals surface area contributed by atoms with E-state index >= 15 is 0 Å². The fraction of sp³-hybridized carbons (Fsp3) is 0. The molecular weight excluding hydrogens is 238 g/mol. The largest absolute Gasteiger partial charge is 0.307 e. The summed E-state index contributed by atoms with van der Waals surface area (Å²) in [4.78, 5) is 0. The molecule has 10 heteroatoms. The van der Waals surface area contributed by atoms with Gasteiger partial charge in [0.2, 0.25) is 0 Å². The van der Waals surface area contributed by atoms with Crippen LogP contribution in [0.5, 0.6) is 0 Å². The fourth-order valence-electron chi connectivity index (χ4n) is 0.153. The standard InChI is InChI=1S/F6P4/c1-7(2)10(8(3)4)9(5)6. The van der Waals surface area contributed by atoms with Crippen molar-refractivity contribution in [3.8, 4) is 0 Å². The summed E-state index contributed by atoms with van der Waals surface area (Å²) in [7, 11) is -12.4. The molecule has 0 aromatic heterocycles. The molecule has 10 heavy (non-hydrogen) atoms. The Morgan fingerprint density at radius 3 is 0.700 bits per heavy atom. The summed E-state index contributed by atoms with van der Waals surface area (Å²) in [5.74, 6) is 0. The summed E-state index contributed by atoms with van der Waals surface area (Å²) >= 11 is 0. The maximum absolute atomic E-state index is 11.4. The molecule has 0 heterocycles. The highest BCUT2D eigenvalue weighted by Crippen LogP contribution is 3.02. The van der Waals surface area contributed by atoms with Gasteiger partial charge < -0.3 is 0 Å². The van der Waals surface area contributed by atoms with Crippen molar-refractivity contribution in [3.05, 3.63) is 0 Å². The summed E-state index contributed by atoms with van der Waals surface area (Å²) < 4.78 is 68.2. The smallest absolute Gasteiger partial charge is 0.182 e. The predicted octanol–water partition coefficient (Wildman–Crippen LogP) is 5.97. The van der Waals surface area contributed by atoms with E-state index in [1.165, 1.54) is 0 Å². The normalized spacial score (nSPS) is 12.6. The molecule has 0 radical (unpaired) electrons. The molecule has 0 spiro atoms. The Hall–Kier alpha value is 1.30. The molecule has 0 aliphatic heterocycles. The minimum absolute atomic E-state index is 3.54. The van der Waals surface area contributed by atoms with Crippen molar-refractivity contribution < 1.29 is 25.2 Å². The molecule has 0 saturated carbocycles. The van der Waals surface area contributed by atoms with Gasteiger partial charge in [-0.3, -0.25) is 0 Å². The third-order valence-electron chi connectivity index (χ3n) is 0.406. The maximum atomic E-state index is 11.4. The Kier molecular flexibility index (Phi) is 5.69. The quantitative estimate of drug-likeness (QED) is 0.419. The predicted molar refractivity (Wildman–Crippen MR) is 34.3 cm³/mol. The minimum atomic E-state index is -4.12. The molecule has 0 aromatic rings. The van der Waals surface area contributed by atoms with Gasteiger partial charge in [-0.15, -0.1) is 0 Å². The Balaban J connectivity index is 3.98. The van der Waals surface area contributed by atoms with Gasteiger partial charge in [0.1, 0.15) is 0 Å². The molecule has 0 saturated heterocycles. The van der Waals surface area contributed by atoms with Crippen LogP contribution >= 0.6 is 31.7 Å². The first-order valence-electron chi connectivity index (χ1n) is 1.61. The highest BCUT2D eigenvalue weighted by molar-refractivity contribution is 8.79. The van der Waals surface area contributed by atoms with Crippen molar-refractivity contribution in [1.82, 2.24) is 0 Å². The van der Waals surface area contributed by atoms with Gasteiger partial charge in [-0.1, -0.05) is 0 Å². The van der Waals surface area contributed by atoms with Crippen LogP contribution in [0.1, 0.15) is 0 Å². The van der Waals surface area contributed by atoms with E-state index < -0.39 is 31.7 Å². The topological polar surface area (TPSA) is 0 Å². The lowest BCUT2D eigenvalue weighted by Crippen LogP contribution is -1.47. The second-order valence-electron chi connectivity index (χ2n) is 0.914. The monoisotopic (exact) mass is 238 g/mol. The number of hydrogen-bond acceptors (Lipinski definition) is 0. The summed E-state index contributed by atoms with van der Waals surface area (Å²) in [6.07, 6.45) is 0. The molecule has 0 nitrogen and oxygen atoms in total. The third-order valence-corrected chi connectivity index (χ3v) is 11.0. The molecule has 0 rings (SSSR count). The van der Waals surface area contributed by atoms with Gasteiger partial charge in [-0.2, -0.15) is 25.2 Å². The zero-order valence-corrected chi connectivity index (χ0v) is 7.63. The van der Waals surface area contributed by atoms with Crippen LogP contribution in [0.4, 0.5) is 25.2 Å². The first-order chi connectivity index (χ1) is 4.46. The van der Waals surface area contributed by atoms with Crippen molar-refractivity contribution >= 4 is 31.7 Å². The average Bonchev–Trinajstić information content (AvgIpc) is 1.59. The molecule has 62 valence electrons. The van der Waals surface area contributed by atoms with Gasteiger partial charge in [0.25, 0.3) is 0 Å². The number of hydrogen-bond donors (Lipinski definition) is 0. The second kappa shape index (κ2) is 5.04. The van der Waals surface area contributed by atoms with Gasteiger partial charge in [-0.05, 0) is 0 Å². The molecule has 0 amide bonds. The van der Waals surface area contributed by atoms with Crippen molar-refractivity contribution in [2.75, 3.05) is 0 Å². The van der Waals surface area contributed by atoms with Crippen LogP contribution in [-0.2, 0) is 0 Å².